The van der Waals surface area contributed by atoms with E-state index in [0.29, 0.717) is 32.6 Å². The zero-order valence-electron chi connectivity index (χ0n) is 11.8. The number of anilines is 1. The first-order valence-electron chi connectivity index (χ1n) is 6.59. The standard InChI is InChI=1S/C14H16BrCl2N3O/c1-3-11-13(17)12(20(4-2)19-11)7-21-14-9(15)5-8(16)6-10(14)18/h5-6H,3-4,7,18H2,1-2H3. The van der Waals surface area contributed by atoms with E-state index in [1.165, 1.54) is 0 Å². The monoisotopic (exact) mass is 391 g/mol. The van der Waals surface area contributed by atoms with Crippen LogP contribution in [0.4, 0.5) is 5.69 Å². The largest absolute Gasteiger partial charge is 0.484 e. The number of ether oxygens (including phenoxy) is 1. The number of hydrogen-bond acceptors (Lipinski definition) is 3. The number of aromatic nitrogens is 2. The molecule has 0 saturated carbocycles. The van der Waals surface area contributed by atoms with Crippen LogP contribution in [0, 0.1) is 0 Å². The lowest BCUT2D eigenvalue weighted by atomic mass is 10.3. The summed E-state index contributed by atoms with van der Waals surface area (Å²) < 4.78 is 8.37. The Morgan fingerprint density at radius 1 is 1.33 bits per heavy atom. The molecule has 1 heterocycles. The quantitative estimate of drug-likeness (QED) is 0.750. The third kappa shape index (κ3) is 3.47. The molecule has 2 aromatic rings. The highest BCUT2D eigenvalue weighted by Crippen LogP contribution is 2.35. The molecule has 0 spiro atoms. The summed E-state index contributed by atoms with van der Waals surface area (Å²) in [4.78, 5) is 0. The molecular formula is C14H16BrCl2N3O. The molecule has 1 aromatic heterocycles. The number of nitrogen functional groups attached to an aromatic ring is 1. The SMILES string of the molecule is CCc1nn(CC)c(COc2c(N)cc(Cl)cc2Br)c1Cl. The van der Waals surface area contributed by atoms with Gasteiger partial charge in [0, 0.05) is 11.6 Å². The maximum absolute atomic E-state index is 6.35. The summed E-state index contributed by atoms with van der Waals surface area (Å²) in [7, 11) is 0. The van der Waals surface area contributed by atoms with Crippen molar-refractivity contribution in [1.82, 2.24) is 9.78 Å². The van der Waals surface area contributed by atoms with E-state index in [9.17, 15) is 0 Å². The van der Waals surface area contributed by atoms with E-state index in [4.69, 9.17) is 33.7 Å². The van der Waals surface area contributed by atoms with Gasteiger partial charge in [0.1, 0.15) is 6.61 Å². The van der Waals surface area contributed by atoms with Gasteiger partial charge in [-0.3, -0.25) is 4.68 Å². The van der Waals surface area contributed by atoms with E-state index in [1.807, 2.05) is 18.5 Å². The van der Waals surface area contributed by atoms with E-state index in [1.54, 1.807) is 12.1 Å². The Kier molecular flexibility index (Phi) is 5.41. The van der Waals surface area contributed by atoms with Crippen LogP contribution in [0.5, 0.6) is 5.75 Å². The van der Waals surface area contributed by atoms with Gasteiger partial charge in [-0.25, -0.2) is 0 Å². The average Bonchev–Trinajstić information content (AvgIpc) is 2.73. The topological polar surface area (TPSA) is 53.1 Å². The molecule has 114 valence electrons. The van der Waals surface area contributed by atoms with E-state index in [2.05, 4.69) is 21.0 Å². The van der Waals surface area contributed by atoms with Crippen molar-refractivity contribution in [2.24, 2.45) is 0 Å². The van der Waals surface area contributed by atoms with Crippen LogP contribution in [-0.4, -0.2) is 9.78 Å². The van der Waals surface area contributed by atoms with Crippen molar-refractivity contribution in [3.8, 4) is 5.75 Å². The smallest absolute Gasteiger partial charge is 0.157 e. The molecular weight excluding hydrogens is 377 g/mol. The summed E-state index contributed by atoms with van der Waals surface area (Å²) >= 11 is 15.7. The van der Waals surface area contributed by atoms with Crippen LogP contribution >= 0.6 is 39.1 Å². The zero-order chi connectivity index (χ0) is 15.6. The number of benzene rings is 1. The van der Waals surface area contributed by atoms with Gasteiger partial charge in [-0.05, 0) is 41.4 Å². The molecule has 0 amide bonds. The average molecular weight is 393 g/mol. The van der Waals surface area contributed by atoms with E-state index >= 15 is 0 Å². The van der Waals surface area contributed by atoms with Crippen molar-refractivity contribution in [2.75, 3.05) is 5.73 Å². The Labute approximate surface area is 142 Å². The van der Waals surface area contributed by atoms with Gasteiger partial charge in [0.15, 0.2) is 5.75 Å². The maximum Gasteiger partial charge on any atom is 0.157 e. The first kappa shape index (κ1) is 16.5. The van der Waals surface area contributed by atoms with Gasteiger partial charge in [-0.15, -0.1) is 0 Å². The van der Waals surface area contributed by atoms with Crippen LogP contribution in [0.2, 0.25) is 10.0 Å². The van der Waals surface area contributed by atoms with Gasteiger partial charge in [0.25, 0.3) is 0 Å². The van der Waals surface area contributed by atoms with Crippen LogP contribution in [0.25, 0.3) is 0 Å². The van der Waals surface area contributed by atoms with Crippen molar-refractivity contribution < 1.29 is 4.74 Å². The summed E-state index contributed by atoms with van der Waals surface area (Å²) in [6.45, 7) is 5.06. The molecule has 0 aliphatic carbocycles. The summed E-state index contributed by atoms with van der Waals surface area (Å²) in [5.41, 5.74) is 8.13. The molecule has 21 heavy (non-hydrogen) atoms. The second kappa shape index (κ2) is 6.90. The predicted molar refractivity (Wildman–Crippen MR) is 90.2 cm³/mol. The van der Waals surface area contributed by atoms with E-state index in [-0.39, 0.29) is 0 Å². The second-order valence-electron chi connectivity index (χ2n) is 4.47. The second-order valence-corrected chi connectivity index (χ2v) is 6.14. The van der Waals surface area contributed by atoms with Crippen LogP contribution in [0.1, 0.15) is 25.2 Å². The van der Waals surface area contributed by atoms with Gasteiger partial charge < -0.3 is 10.5 Å². The molecule has 1 aromatic carbocycles. The number of aryl methyl sites for hydroxylation is 2. The number of nitrogens with two attached hydrogens (primary N) is 1. The van der Waals surface area contributed by atoms with Gasteiger partial charge >= 0.3 is 0 Å². The van der Waals surface area contributed by atoms with Gasteiger partial charge in [0.05, 0.1) is 26.6 Å². The van der Waals surface area contributed by atoms with Crippen LogP contribution in [0.3, 0.4) is 0 Å². The third-order valence-electron chi connectivity index (χ3n) is 3.08. The van der Waals surface area contributed by atoms with Crippen molar-refractivity contribution in [2.45, 2.75) is 33.4 Å². The Bertz CT molecular complexity index is 635. The summed E-state index contributed by atoms with van der Waals surface area (Å²) in [5, 5.41) is 5.67. The van der Waals surface area contributed by atoms with Gasteiger partial charge in [0.2, 0.25) is 0 Å². The Morgan fingerprint density at radius 3 is 2.62 bits per heavy atom. The summed E-state index contributed by atoms with van der Waals surface area (Å²) in [6, 6.07) is 3.39. The normalized spacial score (nSPS) is 10.9. The number of halogens is 3. The fraction of sp³-hybridized carbons (Fsp3) is 0.357. The molecule has 0 bridgehead atoms. The number of rotatable bonds is 5. The lowest BCUT2D eigenvalue weighted by Crippen LogP contribution is -2.07. The molecule has 0 fully saturated rings. The van der Waals surface area contributed by atoms with Crippen LogP contribution in [0.15, 0.2) is 16.6 Å². The molecule has 0 atom stereocenters. The fourth-order valence-corrected chi connectivity index (χ4v) is 3.30. The summed E-state index contributed by atoms with van der Waals surface area (Å²) in [6.07, 6.45) is 0.783. The minimum Gasteiger partial charge on any atom is -0.484 e. The molecule has 4 nitrogen and oxygen atoms in total. The van der Waals surface area contributed by atoms with E-state index < -0.39 is 0 Å². The van der Waals surface area contributed by atoms with Crippen LogP contribution < -0.4 is 10.5 Å². The van der Waals surface area contributed by atoms with Gasteiger partial charge in [-0.1, -0.05) is 30.1 Å². The van der Waals surface area contributed by atoms with Gasteiger partial charge in [-0.2, -0.15) is 5.10 Å². The Balaban J connectivity index is 2.26. The molecule has 0 radical (unpaired) electrons. The highest BCUT2D eigenvalue weighted by molar-refractivity contribution is 9.10. The first-order chi connectivity index (χ1) is 9.97. The highest BCUT2D eigenvalue weighted by atomic mass is 79.9. The molecule has 2 N–H and O–H groups in total. The molecule has 0 saturated heterocycles. The highest BCUT2D eigenvalue weighted by Gasteiger charge is 2.16. The lowest BCUT2D eigenvalue weighted by Gasteiger charge is -2.12. The fourth-order valence-electron chi connectivity index (χ4n) is 2.03. The molecule has 7 heteroatoms. The Morgan fingerprint density at radius 2 is 2.05 bits per heavy atom. The first-order valence-corrected chi connectivity index (χ1v) is 8.14. The zero-order valence-corrected chi connectivity index (χ0v) is 14.9. The lowest BCUT2D eigenvalue weighted by molar-refractivity contribution is 0.292. The van der Waals surface area contributed by atoms with Crippen LogP contribution in [-0.2, 0) is 19.6 Å². The Hall–Kier alpha value is -0.910. The van der Waals surface area contributed by atoms with Crippen molar-refractivity contribution >= 4 is 44.8 Å². The predicted octanol–water partition coefficient (Wildman–Crippen LogP) is 4.70. The third-order valence-corrected chi connectivity index (χ3v) is 4.33. The minimum atomic E-state index is 0.296. The van der Waals surface area contributed by atoms with Crippen molar-refractivity contribution in [3.05, 3.63) is 38.0 Å². The molecule has 0 aliphatic heterocycles. The van der Waals surface area contributed by atoms with Crippen molar-refractivity contribution in [1.29, 1.82) is 0 Å². The molecule has 2 rings (SSSR count). The number of nitrogens with zero attached hydrogens (tertiary/aromatic N) is 2. The molecule has 0 unspecified atom stereocenters. The summed E-state index contributed by atoms with van der Waals surface area (Å²) in [5.74, 6) is 0.553. The maximum atomic E-state index is 6.35. The minimum absolute atomic E-state index is 0.296. The van der Waals surface area contributed by atoms with Crippen molar-refractivity contribution in [3.63, 3.8) is 0 Å². The molecule has 0 aliphatic rings. The van der Waals surface area contributed by atoms with E-state index in [0.717, 1.165) is 24.4 Å². The number of hydrogen-bond donors (Lipinski definition) is 1.